The molecule has 50 heavy (non-hydrogen) atoms. The summed E-state index contributed by atoms with van der Waals surface area (Å²) in [5.41, 5.74) is 2.09. The number of methoxy groups -OCH3 is 1. The number of Topliss-reactive ketones (excluding diaryl/α,β-unsaturated/α-hetero) is 1. The van der Waals surface area contributed by atoms with E-state index in [9.17, 15) is 23.6 Å². The number of hydrogen-bond donors (Lipinski definition) is 2. The summed E-state index contributed by atoms with van der Waals surface area (Å²) < 4.78 is 30.5. The average Bonchev–Trinajstić information content (AvgIpc) is 3.11. The number of hydrogen-bond acceptors (Lipinski definition) is 7. The van der Waals surface area contributed by atoms with Gasteiger partial charge in [0.25, 0.3) is 5.91 Å². The molecule has 0 aromatic heterocycles. The van der Waals surface area contributed by atoms with Crippen LogP contribution in [0.5, 0.6) is 17.2 Å². The van der Waals surface area contributed by atoms with Crippen LogP contribution in [0.15, 0.2) is 91.0 Å². The Hall–Kier alpha value is -5.51. The number of esters is 1. The van der Waals surface area contributed by atoms with Crippen molar-refractivity contribution in [1.82, 2.24) is 5.32 Å². The molecule has 0 bridgehead atoms. The van der Waals surface area contributed by atoms with Gasteiger partial charge in [0.05, 0.1) is 31.7 Å². The fourth-order valence-electron chi connectivity index (χ4n) is 5.10. The lowest BCUT2D eigenvalue weighted by atomic mass is 10.0. The van der Waals surface area contributed by atoms with Crippen molar-refractivity contribution in [3.63, 3.8) is 0 Å². The van der Waals surface area contributed by atoms with Crippen LogP contribution in [0.2, 0.25) is 0 Å². The summed E-state index contributed by atoms with van der Waals surface area (Å²) >= 11 is 0. The zero-order valence-electron chi connectivity index (χ0n) is 28.6. The molecule has 262 valence electrons. The highest BCUT2D eigenvalue weighted by atomic mass is 19.1. The van der Waals surface area contributed by atoms with E-state index in [1.807, 2.05) is 0 Å². The van der Waals surface area contributed by atoms with Crippen LogP contribution >= 0.6 is 0 Å². The topological polar surface area (TPSA) is 120 Å². The second kappa shape index (κ2) is 18.9. The van der Waals surface area contributed by atoms with E-state index < -0.39 is 29.6 Å². The van der Waals surface area contributed by atoms with Crippen LogP contribution in [0.3, 0.4) is 0 Å². The highest BCUT2D eigenvalue weighted by Crippen LogP contribution is 2.20. The predicted molar refractivity (Wildman–Crippen MR) is 189 cm³/mol. The minimum atomic E-state index is -0.799. The summed E-state index contributed by atoms with van der Waals surface area (Å²) in [4.78, 5) is 50.5. The van der Waals surface area contributed by atoms with Crippen molar-refractivity contribution < 1.29 is 37.8 Å². The molecule has 4 aromatic rings. The number of unbranched alkanes of at least 4 members (excludes halogenated alkanes) is 4. The number of halogens is 1. The van der Waals surface area contributed by atoms with Gasteiger partial charge in [-0.05, 0) is 97.6 Å². The van der Waals surface area contributed by atoms with Crippen LogP contribution < -0.4 is 24.8 Å². The standard InChI is InChI=1S/C40H43FN2O7/c1-4-5-6-7-8-23-49-33-20-13-30(14-21-33)40(47)50-34-18-9-28(10-19-34)24-37(27(2)44)43-39(46)29-11-16-32(17-12-29)42-38(45)25-31-15-22-35(48-3)26-36(31)41/h9-22,26,37H,4-8,23-25H2,1-3H3,(H,42,45)(H,43,46)/t37-/m0/s1. The number of nitrogens with one attached hydrogen (secondary N) is 2. The van der Waals surface area contributed by atoms with Gasteiger partial charge in [-0.1, -0.05) is 50.8 Å². The third-order valence-corrected chi connectivity index (χ3v) is 8.02. The number of benzene rings is 4. The Labute approximate surface area is 292 Å². The molecule has 0 fully saturated rings. The van der Waals surface area contributed by atoms with E-state index in [-0.39, 0.29) is 24.2 Å². The van der Waals surface area contributed by atoms with E-state index in [2.05, 4.69) is 17.6 Å². The number of carbonyl (C=O) groups excluding carboxylic acids is 4. The Morgan fingerprint density at radius 3 is 2.04 bits per heavy atom. The van der Waals surface area contributed by atoms with Crippen LogP contribution in [0.4, 0.5) is 10.1 Å². The molecule has 2 N–H and O–H groups in total. The van der Waals surface area contributed by atoms with E-state index in [0.717, 1.165) is 18.4 Å². The van der Waals surface area contributed by atoms with E-state index in [1.54, 1.807) is 66.7 Å². The first-order valence-electron chi connectivity index (χ1n) is 16.7. The first-order chi connectivity index (χ1) is 24.1. The van der Waals surface area contributed by atoms with Gasteiger partial charge in [-0.25, -0.2) is 9.18 Å². The molecule has 0 aliphatic rings. The maximum absolute atomic E-state index is 14.2. The predicted octanol–water partition coefficient (Wildman–Crippen LogP) is 7.51. The number of carbonyl (C=O) groups is 4. The van der Waals surface area contributed by atoms with E-state index in [0.29, 0.717) is 40.7 Å². The van der Waals surface area contributed by atoms with Crippen LogP contribution in [0.1, 0.15) is 77.8 Å². The molecular weight excluding hydrogens is 639 g/mol. The van der Waals surface area contributed by atoms with Crippen LogP contribution in [-0.2, 0) is 22.4 Å². The molecule has 0 saturated heterocycles. The number of anilines is 1. The van der Waals surface area contributed by atoms with Crippen molar-refractivity contribution in [3.05, 3.63) is 119 Å². The summed E-state index contributed by atoms with van der Waals surface area (Å²) in [5, 5.41) is 5.45. The lowest BCUT2D eigenvalue weighted by Gasteiger charge is -2.17. The highest BCUT2D eigenvalue weighted by Gasteiger charge is 2.19. The first kappa shape index (κ1) is 37.3. The maximum Gasteiger partial charge on any atom is 0.343 e. The zero-order chi connectivity index (χ0) is 35.9. The lowest BCUT2D eigenvalue weighted by molar-refractivity contribution is -0.119. The summed E-state index contributed by atoms with van der Waals surface area (Å²) in [7, 11) is 1.43. The molecule has 1 atom stereocenters. The third kappa shape index (κ3) is 11.6. The van der Waals surface area contributed by atoms with Gasteiger partial charge in [-0.2, -0.15) is 0 Å². The molecule has 0 aliphatic carbocycles. The van der Waals surface area contributed by atoms with Gasteiger partial charge in [0.15, 0.2) is 5.78 Å². The van der Waals surface area contributed by atoms with Crippen molar-refractivity contribution in [3.8, 4) is 17.2 Å². The van der Waals surface area contributed by atoms with Gasteiger partial charge in [0.2, 0.25) is 5.91 Å². The van der Waals surface area contributed by atoms with Gasteiger partial charge in [0.1, 0.15) is 23.1 Å². The molecular formula is C40H43FN2O7. The van der Waals surface area contributed by atoms with Gasteiger partial charge in [-0.3, -0.25) is 14.4 Å². The van der Waals surface area contributed by atoms with E-state index >= 15 is 0 Å². The van der Waals surface area contributed by atoms with E-state index in [4.69, 9.17) is 14.2 Å². The Kier molecular flexibility index (Phi) is 14.1. The molecule has 0 radical (unpaired) electrons. The fraction of sp³-hybridized carbons (Fsp3) is 0.300. The quantitative estimate of drug-likeness (QED) is 0.0633. The monoisotopic (exact) mass is 682 g/mol. The Morgan fingerprint density at radius 2 is 1.40 bits per heavy atom. The fourth-order valence-corrected chi connectivity index (χ4v) is 5.10. The molecule has 2 amide bonds. The SMILES string of the molecule is CCCCCCCOc1ccc(C(=O)Oc2ccc(C[C@H](NC(=O)c3ccc(NC(=O)Cc4ccc(OC)cc4F)cc3)C(C)=O)cc2)cc1. The normalized spacial score (nSPS) is 11.3. The second-order valence-corrected chi connectivity index (χ2v) is 11.9. The smallest absolute Gasteiger partial charge is 0.343 e. The molecule has 9 nitrogen and oxygen atoms in total. The first-order valence-corrected chi connectivity index (χ1v) is 16.7. The lowest BCUT2D eigenvalue weighted by Crippen LogP contribution is -2.41. The van der Waals surface area contributed by atoms with Gasteiger partial charge in [-0.15, -0.1) is 0 Å². The van der Waals surface area contributed by atoms with Crippen LogP contribution in [-0.4, -0.2) is 43.3 Å². The molecule has 4 aromatic carbocycles. The van der Waals surface area contributed by atoms with Gasteiger partial charge < -0.3 is 24.8 Å². The second-order valence-electron chi connectivity index (χ2n) is 11.9. The Bertz CT molecular complexity index is 1740. The Morgan fingerprint density at radius 1 is 0.760 bits per heavy atom. The molecule has 0 saturated carbocycles. The number of amides is 2. The highest BCUT2D eigenvalue weighted by molar-refractivity contribution is 5.98. The molecule has 0 heterocycles. The summed E-state index contributed by atoms with van der Waals surface area (Å²) in [6, 6.07) is 23.2. The zero-order valence-corrected chi connectivity index (χ0v) is 28.6. The van der Waals surface area contributed by atoms with Crippen molar-refractivity contribution in [2.45, 2.75) is 64.8 Å². The summed E-state index contributed by atoms with van der Waals surface area (Å²) in [5.74, 6) is -0.760. The number of ether oxygens (including phenoxy) is 3. The van der Waals surface area contributed by atoms with Gasteiger partial charge >= 0.3 is 5.97 Å². The number of rotatable bonds is 18. The number of ketones is 1. The minimum Gasteiger partial charge on any atom is -0.497 e. The molecule has 0 spiro atoms. The molecule has 0 aliphatic heterocycles. The molecule has 0 unspecified atom stereocenters. The third-order valence-electron chi connectivity index (χ3n) is 8.02. The Balaban J connectivity index is 1.25. The van der Waals surface area contributed by atoms with Crippen molar-refractivity contribution in [1.29, 1.82) is 0 Å². The van der Waals surface area contributed by atoms with Crippen LogP contribution in [0, 0.1) is 5.82 Å². The van der Waals surface area contributed by atoms with Crippen molar-refractivity contribution in [2.75, 3.05) is 19.0 Å². The average molecular weight is 683 g/mol. The minimum absolute atomic E-state index is 0.176. The molecule has 4 rings (SSSR count). The van der Waals surface area contributed by atoms with E-state index in [1.165, 1.54) is 57.6 Å². The molecule has 10 heteroatoms. The van der Waals surface area contributed by atoms with Crippen molar-refractivity contribution >= 4 is 29.3 Å². The summed E-state index contributed by atoms with van der Waals surface area (Å²) in [6.07, 6.45) is 5.83. The van der Waals surface area contributed by atoms with Crippen LogP contribution in [0.25, 0.3) is 0 Å². The van der Waals surface area contributed by atoms with Gasteiger partial charge in [0, 0.05) is 17.3 Å². The summed E-state index contributed by atoms with van der Waals surface area (Å²) in [6.45, 7) is 4.22. The van der Waals surface area contributed by atoms with Crippen molar-refractivity contribution in [2.24, 2.45) is 0 Å². The maximum atomic E-state index is 14.2. The largest absolute Gasteiger partial charge is 0.497 e.